The number of carbonyl (C=O) groups is 1. The Morgan fingerprint density at radius 2 is 2.15 bits per heavy atom. The molecule has 0 amide bonds. The first-order valence-electron chi connectivity index (χ1n) is 4.77. The van der Waals surface area contributed by atoms with Crippen molar-refractivity contribution >= 4 is 6.29 Å². The second kappa shape index (κ2) is 5.92. The minimum Gasteiger partial charge on any atom is -0.378 e. The molecule has 0 aliphatic heterocycles. The van der Waals surface area contributed by atoms with Crippen LogP contribution in [0.2, 0.25) is 0 Å². The predicted octanol–water partition coefficient (Wildman–Crippen LogP) is 2.58. The maximum Gasteiger partial charge on any atom is 0.142 e. The molecule has 0 N–H and O–H groups in total. The second-order valence-electron chi connectivity index (χ2n) is 3.58. The monoisotopic (exact) mass is 184 g/mol. The number of allylic oxidation sites excluding steroid dienone is 1. The summed E-state index contributed by atoms with van der Waals surface area (Å²) in [6.07, 6.45) is 6.33. The molecule has 0 rings (SSSR count). The summed E-state index contributed by atoms with van der Waals surface area (Å²) in [7, 11) is 1.72. The molecule has 76 valence electrons. The molecule has 2 unspecified atom stereocenters. The lowest BCUT2D eigenvalue weighted by Crippen LogP contribution is -2.34. The minimum absolute atomic E-state index is 0.145. The highest BCUT2D eigenvalue weighted by molar-refractivity contribution is 5.64. The van der Waals surface area contributed by atoms with E-state index in [1.807, 2.05) is 6.08 Å². The number of methoxy groups -OCH3 is 1. The van der Waals surface area contributed by atoms with Gasteiger partial charge in [-0.1, -0.05) is 26.3 Å². The van der Waals surface area contributed by atoms with Gasteiger partial charge in [0.2, 0.25) is 0 Å². The third-order valence-electron chi connectivity index (χ3n) is 2.65. The van der Waals surface area contributed by atoms with E-state index in [2.05, 4.69) is 20.8 Å². The first kappa shape index (κ1) is 12.4. The van der Waals surface area contributed by atoms with Gasteiger partial charge in [0.1, 0.15) is 6.29 Å². The zero-order chi connectivity index (χ0) is 10.3. The Bertz CT molecular complexity index is 175. The Kier molecular flexibility index (Phi) is 5.63. The van der Waals surface area contributed by atoms with Crippen molar-refractivity contribution in [3.8, 4) is 0 Å². The molecular formula is C11H20O2. The lowest BCUT2D eigenvalue weighted by atomic mass is 9.86. The standard InChI is InChI=1S/C11H20O2/c1-5-8-11(3,13-4)10(2)7-6-9-12/h6-7,9-10H,5,8H2,1-4H3/b7-6+. The SMILES string of the molecule is CCCC(C)(OC)C(C)/C=C/C=O. The van der Waals surface area contributed by atoms with Crippen LogP contribution in [0.3, 0.4) is 0 Å². The Hall–Kier alpha value is -0.630. The molecule has 0 radical (unpaired) electrons. The van der Waals surface area contributed by atoms with Gasteiger partial charge in [0.05, 0.1) is 5.60 Å². The number of hydrogen-bond donors (Lipinski definition) is 0. The van der Waals surface area contributed by atoms with Gasteiger partial charge in [0.25, 0.3) is 0 Å². The topological polar surface area (TPSA) is 26.3 Å². The van der Waals surface area contributed by atoms with Crippen molar-refractivity contribution in [3.63, 3.8) is 0 Å². The molecule has 0 saturated heterocycles. The molecule has 0 aliphatic rings. The fourth-order valence-corrected chi connectivity index (χ4v) is 1.43. The molecule has 0 saturated carbocycles. The maximum absolute atomic E-state index is 10.2. The highest BCUT2D eigenvalue weighted by Crippen LogP contribution is 2.27. The van der Waals surface area contributed by atoms with E-state index in [0.29, 0.717) is 0 Å². The zero-order valence-electron chi connectivity index (χ0n) is 9.04. The Balaban J connectivity index is 4.35. The third kappa shape index (κ3) is 3.73. The van der Waals surface area contributed by atoms with E-state index < -0.39 is 0 Å². The van der Waals surface area contributed by atoms with Crippen LogP contribution in [0, 0.1) is 5.92 Å². The van der Waals surface area contributed by atoms with E-state index in [9.17, 15) is 4.79 Å². The average Bonchev–Trinajstić information content (AvgIpc) is 2.14. The van der Waals surface area contributed by atoms with Crippen LogP contribution in [0.25, 0.3) is 0 Å². The summed E-state index contributed by atoms with van der Waals surface area (Å²) < 4.78 is 5.47. The van der Waals surface area contributed by atoms with Crippen LogP contribution in [0.15, 0.2) is 12.2 Å². The fourth-order valence-electron chi connectivity index (χ4n) is 1.43. The van der Waals surface area contributed by atoms with E-state index in [0.717, 1.165) is 19.1 Å². The average molecular weight is 184 g/mol. The fraction of sp³-hybridized carbons (Fsp3) is 0.727. The van der Waals surface area contributed by atoms with Gasteiger partial charge in [-0.2, -0.15) is 0 Å². The highest BCUT2D eigenvalue weighted by atomic mass is 16.5. The Labute approximate surface area is 81.0 Å². The summed E-state index contributed by atoms with van der Waals surface area (Å²) in [6, 6.07) is 0. The van der Waals surface area contributed by atoms with Crippen LogP contribution in [0.1, 0.15) is 33.6 Å². The minimum atomic E-state index is -0.145. The third-order valence-corrected chi connectivity index (χ3v) is 2.65. The molecule has 0 spiro atoms. The van der Waals surface area contributed by atoms with Gasteiger partial charge >= 0.3 is 0 Å². The molecule has 0 bridgehead atoms. The predicted molar refractivity (Wildman–Crippen MR) is 54.7 cm³/mol. The normalized spacial score (nSPS) is 18.5. The molecule has 0 fully saturated rings. The van der Waals surface area contributed by atoms with Crippen molar-refractivity contribution < 1.29 is 9.53 Å². The molecule has 2 nitrogen and oxygen atoms in total. The summed E-state index contributed by atoms with van der Waals surface area (Å²) >= 11 is 0. The van der Waals surface area contributed by atoms with Crippen molar-refractivity contribution in [1.82, 2.24) is 0 Å². The van der Waals surface area contributed by atoms with Crippen LogP contribution < -0.4 is 0 Å². The lowest BCUT2D eigenvalue weighted by Gasteiger charge is -2.32. The number of carbonyl (C=O) groups excluding carboxylic acids is 1. The van der Waals surface area contributed by atoms with Crippen LogP contribution in [-0.4, -0.2) is 19.0 Å². The Morgan fingerprint density at radius 1 is 1.54 bits per heavy atom. The summed E-state index contributed by atoms with van der Waals surface area (Å²) in [6.45, 7) is 6.28. The van der Waals surface area contributed by atoms with E-state index in [1.165, 1.54) is 6.08 Å². The Morgan fingerprint density at radius 3 is 2.54 bits per heavy atom. The number of ether oxygens (including phenoxy) is 1. The van der Waals surface area contributed by atoms with Gasteiger partial charge in [-0.15, -0.1) is 0 Å². The molecule has 2 atom stereocenters. The van der Waals surface area contributed by atoms with Gasteiger partial charge in [-0.3, -0.25) is 4.79 Å². The number of aldehydes is 1. The van der Waals surface area contributed by atoms with Crippen molar-refractivity contribution in [2.45, 2.75) is 39.2 Å². The van der Waals surface area contributed by atoms with Crippen LogP contribution in [0.5, 0.6) is 0 Å². The first-order valence-corrected chi connectivity index (χ1v) is 4.77. The maximum atomic E-state index is 10.2. The quantitative estimate of drug-likeness (QED) is 0.468. The van der Waals surface area contributed by atoms with Crippen LogP contribution in [0.4, 0.5) is 0 Å². The first-order chi connectivity index (χ1) is 6.10. The van der Waals surface area contributed by atoms with E-state index in [4.69, 9.17) is 4.74 Å². The van der Waals surface area contributed by atoms with Crippen molar-refractivity contribution in [2.24, 2.45) is 5.92 Å². The van der Waals surface area contributed by atoms with Crippen molar-refractivity contribution in [2.75, 3.05) is 7.11 Å². The second-order valence-corrected chi connectivity index (χ2v) is 3.58. The van der Waals surface area contributed by atoms with Crippen molar-refractivity contribution in [1.29, 1.82) is 0 Å². The number of rotatable bonds is 6. The van der Waals surface area contributed by atoms with Gasteiger partial charge in [0.15, 0.2) is 0 Å². The smallest absolute Gasteiger partial charge is 0.142 e. The molecule has 0 aromatic carbocycles. The van der Waals surface area contributed by atoms with Crippen LogP contribution >= 0.6 is 0 Å². The van der Waals surface area contributed by atoms with E-state index >= 15 is 0 Å². The van der Waals surface area contributed by atoms with E-state index in [-0.39, 0.29) is 11.5 Å². The van der Waals surface area contributed by atoms with Crippen molar-refractivity contribution in [3.05, 3.63) is 12.2 Å². The van der Waals surface area contributed by atoms with Gasteiger partial charge in [0, 0.05) is 13.0 Å². The molecule has 2 heteroatoms. The summed E-state index contributed by atoms with van der Waals surface area (Å²) in [5.41, 5.74) is -0.145. The molecular weight excluding hydrogens is 164 g/mol. The zero-order valence-corrected chi connectivity index (χ0v) is 9.04. The molecule has 0 aromatic rings. The van der Waals surface area contributed by atoms with Gasteiger partial charge in [-0.25, -0.2) is 0 Å². The van der Waals surface area contributed by atoms with E-state index in [1.54, 1.807) is 7.11 Å². The molecule has 0 heterocycles. The summed E-state index contributed by atoms with van der Waals surface area (Å²) in [4.78, 5) is 10.2. The summed E-state index contributed by atoms with van der Waals surface area (Å²) in [5.74, 6) is 0.266. The molecule has 0 aromatic heterocycles. The lowest BCUT2D eigenvalue weighted by molar-refractivity contribution is -0.104. The highest BCUT2D eigenvalue weighted by Gasteiger charge is 2.27. The van der Waals surface area contributed by atoms with Gasteiger partial charge < -0.3 is 4.74 Å². The number of hydrogen-bond acceptors (Lipinski definition) is 2. The molecule has 13 heavy (non-hydrogen) atoms. The van der Waals surface area contributed by atoms with Crippen LogP contribution in [-0.2, 0) is 9.53 Å². The molecule has 0 aliphatic carbocycles. The van der Waals surface area contributed by atoms with Gasteiger partial charge in [-0.05, 0) is 19.4 Å². The summed E-state index contributed by atoms with van der Waals surface area (Å²) in [5, 5.41) is 0. The largest absolute Gasteiger partial charge is 0.378 e.